The van der Waals surface area contributed by atoms with Crippen LogP contribution in [0.5, 0.6) is 0 Å². The van der Waals surface area contributed by atoms with E-state index in [-0.39, 0.29) is 35.6 Å². The van der Waals surface area contributed by atoms with Crippen molar-refractivity contribution in [3.63, 3.8) is 0 Å². The van der Waals surface area contributed by atoms with Gasteiger partial charge in [-0.3, -0.25) is 9.59 Å². The molecule has 2 amide bonds. The first-order valence-electron chi connectivity index (χ1n) is 8.54. The maximum atomic E-state index is 12.3. The van der Waals surface area contributed by atoms with Crippen LogP contribution in [0, 0.1) is 0 Å². The maximum Gasteiger partial charge on any atom is 0.340 e. The van der Waals surface area contributed by atoms with Crippen molar-refractivity contribution < 1.29 is 23.5 Å². The molecule has 3 rings (SSSR count). The van der Waals surface area contributed by atoms with Gasteiger partial charge in [0, 0.05) is 6.04 Å². The summed E-state index contributed by atoms with van der Waals surface area (Å²) in [6, 6.07) is 9.72. The molecule has 0 spiro atoms. The van der Waals surface area contributed by atoms with E-state index < -0.39 is 11.9 Å². The number of hydrogen-bond acceptors (Lipinski definition) is 5. The molecule has 1 aliphatic carbocycles. The topological polar surface area (TPSA) is 97.6 Å². The number of anilines is 1. The van der Waals surface area contributed by atoms with Crippen LogP contribution in [0.4, 0.5) is 5.69 Å². The van der Waals surface area contributed by atoms with Crippen molar-refractivity contribution in [3.8, 4) is 0 Å². The molecule has 0 saturated heterocycles. The number of esters is 1. The highest BCUT2D eigenvalue weighted by atomic mass is 16.5. The molecule has 26 heavy (non-hydrogen) atoms. The number of carbonyl (C=O) groups is 3. The van der Waals surface area contributed by atoms with Gasteiger partial charge in [-0.1, -0.05) is 25.0 Å². The molecule has 7 heteroatoms. The lowest BCUT2D eigenvalue weighted by Crippen LogP contribution is -2.36. The van der Waals surface area contributed by atoms with Gasteiger partial charge >= 0.3 is 5.97 Å². The highest BCUT2D eigenvalue weighted by molar-refractivity contribution is 6.06. The Bertz CT molecular complexity index is 779. The van der Waals surface area contributed by atoms with Crippen molar-refractivity contribution in [3.05, 3.63) is 54.0 Å². The molecule has 1 saturated carbocycles. The van der Waals surface area contributed by atoms with Gasteiger partial charge in [-0.2, -0.15) is 0 Å². The minimum absolute atomic E-state index is 0.129. The van der Waals surface area contributed by atoms with Crippen molar-refractivity contribution in [1.29, 1.82) is 0 Å². The fourth-order valence-corrected chi connectivity index (χ4v) is 2.91. The number of hydrogen-bond donors (Lipinski definition) is 2. The third kappa shape index (κ3) is 4.50. The van der Waals surface area contributed by atoms with Crippen LogP contribution in [0.3, 0.4) is 0 Å². The van der Waals surface area contributed by atoms with E-state index in [2.05, 4.69) is 10.6 Å². The number of rotatable bonds is 6. The fourth-order valence-electron chi connectivity index (χ4n) is 2.91. The van der Waals surface area contributed by atoms with Crippen molar-refractivity contribution in [2.45, 2.75) is 31.7 Å². The molecule has 0 aliphatic heterocycles. The Balaban J connectivity index is 1.58. The van der Waals surface area contributed by atoms with Crippen LogP contribution in [0.1, 0.15) is 46.6 Å². The Hall–Kier alpha value is -3.09. The minimum atomic E-state index is -0.679. The predicted octanol–water partition coefficient (Wildman–Crippen LogP) is 2.75. The molecule has 136 valence electrons. The molecule has 2 N–H and O–H groups in total. The lowest BCUT2D eigenvalue weighted by atomic mass is 10.1. The first kappa shape index (κ1) is 17.7. The molecular formula is C19H20N2O5. The Morgan fingerprint density at radius 3 is 2.58 bits per heavy atom. The molecule has 1 aliphatic rings. The third-order valence-electron chi connectivity index (χ3n) is 4.19. The van der Waals surface area contributed by atoms with E-state index in [4.69, 9.17) is 9.15 Å². The molecular weight excluding hydrogens is 336 g/mol. The highest BCUT2D eigenvalue weighted by Crippen LogP contribution is 2.19. The summed E-state index contributed by atoms with van der Waals surface area (Å²) in [5, 5.41) is 5.46. The van der Waals surface area contributed by atoms with Gasteiger partial charge in [0.2, 0.25) is 0 Å². The van der Waals surface area contributed by atoms with E-state index in [9.17, 15) is 14.4 Å². The molecule has 7 nitrogen and oxygen atoms in total. The molecule has 0 atom stereocenters. The zero-order chi connectivity index (χ0) is 18.4. The zero-order valence-electron chi connectivity index (χ0n) is 14.2. The van der Waals surface area contributed by atoms with Gasteiger partial charge in [-0.15, -0.1) is 0 Å². The molecule has 1 aromatic heterocycles. The standard InChI is InChI=1S/C19H20N2O5/c22-17(20-13-6-1-2-7-13)12-26-19(24)14-8-3-4-9-15(14)21-18(23)16-10-5-11-25-16/h3-5,8-11,13H,1-2,6-7,12H2,(H,20,22)(H,21,23). The summed E-state index contributed by atoms with van der Waals surface area (Å²) in [6.07, 6.45) is 5.52. The maximum absolute atomic E-state index is 12.3. The third-order valence-corrected chi connectivity index (χ3v) is 4.19. The molecule has 0 unspecified atom stereocenters. The number of carbonyl (C=O) groups excluding carboxylic acids is 3. The fraction of sp³-hybridized carbons (Fsp3) is 0.316. The van der Waals surface area contributed by atoms with Crippen molar-refractivity contribution >= 4 is 23.5 Å². The summed E-state index contributed by atoms with van der Waals surface area (Å²) in [4.78, 5) is 36.3. The number of benzene rings is 1. The Morgan fingerprint density at radius 1 is 1.08 bits per heavy atom. The predicted molar refractivity (Wildman–Crippen MR) is 93.8 cm³/mol. The molecule has 2 aromatic rings. The summed E-state index contributed by atoms with van der Waals surface area (Å²) < 4.78 is 10.1. The quantitative estimate of drug-likeness (QED) is 0.776. The lowest BCUT2D eigenvalue weighted by Gasteiger charge is -2.13. The second-order valence-corrected chi connectivity index (χ2v) is 6.10. The van der Waals surface area contributed by atoms with Gasteiger partial charge < -0.3 is 19.8 Å². The van der Waals surface area contributed by atoms with Crippen LogP contribution in [-0.2, 0) is 9.53 Å². The summed E-state index contributed by atoms with van der Waals surface area (Å²) in [7, 11) is 0. The molecule has 1 heterocycles. The number of nitrogens with one attached hydrogen (secondary N) is 2. The van der Waals surface area contributed by atoms with Crippen LogP contribution in [0.15, 0.2) is 47.1 Å². The Labute approximate surface area is 150 Å². The summed E-state index contributed by atoms with van der Waals surface area (Å²) in [5.41, 5.74) is 0.455. The van der Waals surface area contributed by atoms with Gasteiger partial charge in [0.25, 0.3) is 11.8 Å². The van der Waals surface area contributed by atoms with Gasteiger partial charge in [0.1, 0.15) is 0 Å². The number of ether oxygens (including phenoxy) is 1. The minimum Gasteiger partial charge on any atom is -0.459 e. The van der Waals surface area contributed by atoms with Crippen LogP contribution < -0.4 is 10.6 Å². The van der Waals surface area contributed by atoms with E-state index in [1.807, 2.05) is 0 Å². The molecule has 0 bridgehead atoms. The van der Waals surface area contributed by atoms with Gasteiger partial charge in [0.05, 0.1) is 17.5 Å². The molecule has 0 radical (unpaired) electrons. The van der Waals surface area contributed by atoms with Crippen molar-refractivity contribution in [2.24, 2.45) is 0 Å². The average Bonchev–Trinajstić information content (AvgIpc) is 3.34. The second-order valence-electron chi connectivity index (χ2n) is 6.10. The van der Waals surface area contributed by atoms with E-state index in [0.717, 1.165) is 25.7 Å². The lowest BCUT2D eigenvalue weighted by molar-refractivity contribution is -0.124. The monoisotopic (exact) mass is 356 g/mol. The number of furan rings is 1. The van der Waals surface area contributed by atoms with E-state index in [0.29, 0.717) is 0 Å². The van der Waals surface area contributed by atoms with Crippen molar-refractivity contribution in [2.75, 3.05) is 11.9 Å². The Morgan fingerprint density at radius 2 is 1.85 bits per heavy atom. The van der Waals surface area contributed by atoms with Gasteiger partial charge in [0.15, 0.2) is 12.4 Å². The van der Waals surface area contributed by atoms with Crippen LogP contribution >= 0.6 is 0 Å². The molecule has 1 aromatic carbocycles. The van der Waals surface area contributed by atoms with E-state index in [1.54, 1.807) is 24.3 Å². The number of para-hydroxylation sites is 1. The van der Waals surface area contributed by atoms with E-state index >= 15 is 0 Å². The first-order valence-corrected chi connectivity index (χ1v) is 8.54. The van der Waals surface area contributed by atoms with Crippen LogP contribution in [-0.4, -0.2) is 30.4 Å². The van der Waals surface area contributed by atoms with Crippen LogP contribution in [0.25, 0.3) is 0 Å². The summed E-state index contributed by atoms with van der Waals surface area (Å²) >= 11 is 0. The van der Waals surface area contributed by atoms with Gasteiger partial charge in [-0.25, -0.2) is 4.79 Å². The summed E-state index contributed by atoms with van der Waals surface area (Å²) in [6.45, 7) is -0.351. The largest absolute Gasteiger partial charge is 0.459 e. The number of amides is 2. The first-order chi connectivity index (χ1) is 12.6. The second kappa shape index (κ2) is 8.33. The van der Waals surface area contributed by atoms with Crippen LogP contribution in [0.2, 0.25) is 0 Å². The SMILES string of the molecule is O=C(COC(=O)c1ccccc1NC(=O)c1ccco1)NC1CCCC1. The smallest absolute Gasteiger partial charge is 0.340 e. The Kier molecular flexibility index (Phi) is 5.68. The highest BCUT2D eigenvalue weighted by Gasteiger charge is 2.20. The summed E-state index contributed by atoms with van der Waals surface area (Å²) in [5.74, 6) is -1.34. The van der Waals surface area contributed by atoms with Gasteiger partial charge in [-0.05, 0) is 37.1 Å². The molecule has 1 fully saturated rings. The average molecular weight is 356 g/mol. The van der Waals surface area contributed by atoms with E-state index in [1.165, 1.54) is 18.4 Å². The van der Waals surface area contributed by atoms with Crippen molar-refractivity contribution in [1.82, 2.24) is 5.32 Å². The zero-order valence-corrected chi connectivity index (χ0v) is 14.2. The normalized spacial score (nSPS) is 14.0.